The smallest absolute Gasteiger partial charge is 0.240 e. The van der Waals surface area contributed by atoms with Crippen molar-refractivity contribution in [3.63, 3.8) is 0 Å². The first-order chi connectivity index (χ1) is 13.0. The number of nitrogens with zero attached hydrogens (tertiary/aromatic N) is 1. The van der Waals surface area contributed by atoms with Gasteiger partial charge in [0.2, 0.25) is 11.3 Å². The topological polar surface area (TPSA) is 69.6 Å². The summed E-state index contributed by atoms with van der Waals surface area (Å²) in [5.74, 6) is -0.330. The normalized spacial score (nSPS) is 16.3. The second kappa shape index (κ2) is 8.81. The van der Waals surface area contributed by atoms with Crippen molar-refractivity contribution in [2.45, 2.75) is 39.0 Å². The predicted octanol–water partition coefficient (Wildman–Crippen LogP) is 2.17. The number of aryl methyl sites for hydroxylation is 1. The van der Waals surface area contributed by atoms with Gasteiger partial charge in [0.1, 0.15) is 19.0 Å². The average Bonchev–Trinajstić information content (AvgIpc) is 3.16. The number of hydrogen-bond donors (Lipinski definition) is 1. The molecule has 1 aromatic carbocycles. The SMILES string of the molecule is Cc1cc(=O)c(OCc2ccc(F)cc2)cn1CC(=O)NCC1CCCO1. The monoisotopic (exact) mass is 374 g/mol. The van der Waals surface area contributed by atoms with Crippen molar-refractivity contribution >= 4 is 5.91 Å². The van der Waals surface area contributed by atoms with Gasteiger partial charge in [-0.1, -0.05) is 12.1 Å². The van der Waals surface area contributed by atoms with E-state index >= 15 is 0 Å². The fourth-order valence-electron chi connectivity index (χ4n) is 2.91. The Hall–Kier alpha value is -2.67. The van der Waals surface area contributed by atoms with E-state index in [1.54, 1.807) is 23.6 Å². The van der Waals surface area contributed by atoms with E-state index in [0.29, 0.717) is 12.2 Å². The molecule has 6 nitrogen and oxygen atoms in total. The fraction of sp³-hybridized carbons (Fsp3) is 0.400. The summed E-state index contributed by atoms with van der Waals surface area (Å²) in [5, 5.41) is 2.86. The number of rotatable bonds is 7. The van der Waals surface area contributed by atoms with Gasteiger partial charge < -0.3 is 19.4 Å². The Morgan fingerprint density at radius 2 is 2.15 bits per heavy atom. The minimum atomic E-state index is -0.328. The van der Waals surface area contributed by atoms with E-state index in [4.69, 9.17) is 9.47 Å². The number of aromatic nitrogens is 1. The third-order valence-electron chi connectivity index (χ3n) is 4.48. The Labute approximate surface area is 156 Å². The predicted molar refractivity (Wildman–Crippen MR) is 98.2 cm³/mol. The second-order valence-electron chi connectivity index (χ2n) is 6.63. The Bertz CT molecular complexity index is 842. The lowest BCUT2D eigenvalue weighted by Gasteiger charge is -2.15. The van der Waals surface area contributed by atoms with E-state index in [1.165, 1.54) is 24.4 Å². The lowest BCUT2D eigenvalue weighted by molar-refractivity contribution is -0.122. The Balaban J connectivity index is 1.61. The standard InChI is InChI=1S/C20H23FN2O4/c1-14-9-18(24)19(27-13-15-4-6-16(21)7-5-15)11-23(14)12-20(25)22-10-17-3-2-8-26-17/h4-7,9,11,17H,2-3,8,10,12-13H2,1H3,(H,22,25). The average molecular weight is 374 g/mol. The molecule has 1 atom stereocenters. The van der Waals surface area contributed by atoms with Gasteiger partial charge in [0, 0.05) is 24.9 Å². The highest BCUT2D eigenvalue weighted by Gasteiger charge is 2.16. The number of amides is 1. The Morgan fingerprint density at radius 1 is 1.37 bits per heavy atom. The summed E-state index contributed by atoms with van der Waals surface area (Å²) in [4.78, 5) is 24.3. The first kappa shape index (κ1) is 19.1. The largest absolute Gasteiger partial charge is 0.483 e. The summed E-state index contributed by atoms with van der Waals surface area (Å²) >= 11 is 0. The van der Waals surface area contributed by atoms with Crippen LogP contribution in [0.4, 0.5) is 4.39 Å². The van der Waals surface area contributed by atoms with Crippen LogP contribution in [0, 0.1) is 12.7 Å². The molecular weight excluding hydrogens is 351 g/mol. The van der Waals surface area contributed by atoms with Gasteiger partial charge >= 0.3 is 0 Å². The van der Waals surface area contributed by atoms with E-state index in [2.05, 4.69) is 5.32 Å². The van der Waals surface area contributed by atoms with Crippen molar-refractivity contribution in [3.05, 3.63) is 63.8 Å². The summed E-state index contributed by atoms with van der Waals surface area (Å²) in [6.45, 7) is 3.23. The lowest BCUT2D eigenvalue weighted by atomic mass is 10.2. The molecule has 7 heteroatoms. The zero-order valence-corrected chi connectivity index (χ0v) is 15.2. The highest BCUT2D eigenvalue weighted by Crippen LogP contribution is 2.12. The maximum absolute atomic E-state index is 13.0. The van der Waals surface area contributed by atoms with Crippen LogP contribution < -0.4 is 15.5 Å². The first-order valence-electron chi connectivity index (χ1n) is 8.98. The van der Waals surface area contributed by atoms with Crippen molar-refractivity contribution in [2.24, 2.45) is 0 Å². The van der Waals surface area contributed by atoms with Crippen LogP contribution in [0.1, 0.15) is 24.1 Å². The minimum Gasteiger partial charge on any atom is -0.483 e. The van der Waals surface area contributed by atoms with Crippen molar-refractivity contribution < 1.29 is 18.7 Å². The zero-order chi connectivity index (χ0) is 19.2. The molecule has 2 heterocycles. The molecule has 1 amide bonds. The number of halogens is 1. The van der Waals surface area contributed by atoms with Crippen LogP contribution in [0.2, 0.25) is 0 Å². The van der Waals surface area contributed by atoms with Crippen LogP contribution >= 0.6 is 0 Å². The maximum Gasteiger partial charge on any atom is 0.240 e. The van der Waals surface area contributed by atoms with Gasteiger partial charge in [0.25, 0.3) is 0 Å². The number of pyridine rings is 1. The van der Waals surface area contributed by atoms with Crippen LogP contribution in [0.5, 0.6) is 5.75 Å². The van der Waals surface area contributed by atoms with Crippen molar-refractivity contribution in [3.8, 4) is 5.75 Å². The summed E-state index contributed by atoms with van der Waals surface area (Å²) in [7, 11) is 0. The Kier molecular flexibility index (Phi) is 6.24. The van der Waals surface area contributed by atoms with Gasteiger partial charge in [0.05, 0.1) is 12.3 Å². The summed E-state index contributed by atoms with van der Waals surface area (Å²) in [6, 6.07) is 7.31. The van der Waals surface area contributed by atoms with Crippen LogP contribution in [-0.4, -0.2) is 29.7 Å². The molecule has 0 saturated carbocycles. The number of nitrogens with one attached hydrogen (secondary N) is 1. The molecule has 1 aliphatic rings. The van der Waals surface area contributed by atoms with Gasteiger partial charge in [-0.05, 0) is 37.5 Å². The first-order valence-corrected chi connectivity index (χ1v) is 8.98. The Morgan fingerprint density at radius 3 is 2.85 bits per heavy atom. The summed E-state index contributed by atoms with van der Waals surface area (Å²) < 4.78 is 25.7. The van der Waals surface area contributed by atoms with Gasteiger partial charge in [-0.3, -0.25) is 9.59 Å². The number of carbonyl (C=O) groups is 1. The summed E-state index contributed by atoms with van der Waals surface area (Å²) in [6.07, 6.45) is 3.60. The molecule has 3 rings (SSSR count). The molecule has 0 aliphatic carbocycles. The van der Waals surface area contributed by atoms with Gasteiger partial charge in [-0.2, -0.15) is 0 Å². The zero-order valence-electron chi connectivity index (χ0n) is 15.2. The summed E-state index contributed by atoms with van der Waals surface area (Å²) in [5.41, 5.74) is 1.16. The molecule has 0 bridgehead atoms. The molecule has 1 saturated heterocycles. The maximum atomic E-state index is 13.0. The third kappa shape index (κ3) is 5.40. The van der Waals surface area contributed by atoms with Crippen LogP contribution in [0.3, 0.4) is 0 Å². The van der Waals surface area contributed by atoms with E-state index in [9.17, 15) is 14.0 Å². The van der Waals surface area contributed by atoms with Crippen LogP contribution in [-0.2, 0) is 22.7 Å². The highest BCUT2D eigenvalue weighted by atomic mass is 19.1. The molecule has 2 aromatic rings. The number of ether oxygens (including phenoxy) is 2. The van der Waals surface area contributed by atoms with Gasteiger partial charge in [-0.25, -0.2) is 4.39 Å². The molecule has 27 heavy (non-hydrogen) atoms. The molecule has 0 spiro atoms. The van der Waals surface area contributed by atoms with E-state index < -0.39 is 0 Å². The van der Waals surface area contributed by atoms with Crippen LogP contribution in [0.15, 0.2) is 41.3 Å². The molecule has 0 radical (unpaired) electrons. The van der Waals surface area contributed by atoms with Gasteiger partial charge in [-0.15, -0.1) is 0 Å². The highest BCUT2D eigenvalue weighted by molar-refractivity contribution is 5.75. The second-order valence-corrected chi connectivity index (χ2v) is 6.63. The lowest BCUT2D eigenvalue weighted by Crippen LogP contribution is -2.34. The van der Waals surface area contributed by atoms with Crippen molar-refractivity contribution in [1.82, 2.24) is 9.88 Å². The molecule has 1 fully saturated rings. The van der Waals surface area contributed by atoms with E-state index in [1.807, 2.05) is 0 Å². The number of hydrogen-bond acceptors (Lipinski definition) is 4. The molecular formula is C20H23FN2O4. The molecule has 1 unspecified atom stereocenters. The third-order valence-corrected chi connectivity index (χ3v) is 4.48. The fourth-order valence-corrected chi connectivity index (χ4v) is 2.91. The molecule has 1 aromatic heterocycles. The number of carbonyl (C=O) groups excluding carboxylic acids is 1. The molecule has 1 N–H and O–H groups in total. The van der Waals surface area contributed by atoms with E-state index in [-0.39, 0.29) is 42.2 Å². The minimum absolute atomic E-state index is 0.0821. The van der Waals surface area contributed by atoms with Crippen molar-refractivity contribution in [1.29, 1.82) is 0 Å². The molecule has 1 aliphatic heterocycles. The van der Waals surface area contributed by atoms with E-state index in [0.717, 1.165) is 25.0 Å². The van der Waals surface area contributed by atoms with Gasteiger partial charge in [0.15, 0.2) is 5.75 Å². The molecule has 144 valence electrons. The quantitative estimate of drug-likeness (QED) is 0.806. The van der Waals surface area contributed by atoms with Crippen molar-refractivity contribution in [2.75, 3.05) is 13.2 Å². The number of benzene rings is 1. The van der Waals surface area contributed by atoms with Crippen LogP contribution in [0.25, 0.3) is 0 Å².